The normalized spacial score (nSPS) is 9.30. The van der Waals surface area contributed by atoms with Crippen molar-refractivity contribution in [3.63, 3.8) is 0 Å². The topological polar surface area (TPSA) is 55.4 Å². The molecule has 0 spiro atoms. The van der Waals surface area contributed by atoms with E-state index in [1.54, 1.807) is 6.92 Å². The van der Waals surface area contributed by atoms with Crippen LogP contribution in [0, 0.1) is 0 Å². The second-order valence-corrected chi connectivity index (χ2v) is 1.37. The molecule has 0 radical (unpaired) electrons. The molecule has 4 heteroatoms. The number of esters is 1. The van der Waals surface area contributed by atoms with Crippen LogP contribution in [-0.2, 0) is 14.3 Å². The molecule has 0 aromatic carbocycles. The molecule has 56 valence electrons. The van der Waals surface area contributed by atoms with Gasteiger partial charge in [0.25, 0.3) is 0 Å². The van der Waals surface area contributed by atoms with Crippen LogP contribution in [0.15, 0.2) is 12.3 Å². The predicted molar refractivity (Wildman–Crippen MR) is 35.0 cm³/mol. The minimum atomic E-state index is -0.461. The smallest absolute Gasteiger partial charge is 0.332 e. The van der Waals surface area contributed by atoms with Crippen molar-refractivity contribution in [2.24, 2.45) is 0 Å². The Hall–Kier alpha value is -1.32. The number of hydrogen-bond acceptors (Lipinski definition) is 3. The van der Waals surface area contributed by atoms with Crippen LogP contribution >= 0.6 is 0 Å². The Labute approximate surface area is 58.9 Å². The van der Waals surface area contributed by atoms with Crippen molar-refractivity contribution < 1.29 is 14.3 Å². The number of ether oxygens (including phenoxy) is 1. The van der Waals surface area contributed by atoms with Gasteiger partial charge in [0.1, 0.15) is 0 Å². The van der Waals surface area contributed by atoms with Gasteiger partial charge < -0.3 is 10.1 Å². The van der Waals surface area contributed by atoms with E-state index in [-0.39, 0.29) is 0 Å². The van der Waals surface area contributed by atoms with E-state index < -0.39 is 5.97 Å². The van der Waals surface area contributed by atoms with Crippen molar-refractivity contribution in [1.29, 1.82) is 0 Å². The van der Waals surface area contributed by atoms with E-state index >= 15 is 0 Å². The molecule has 0 aromatic rings. The van der Waals surface area contributed by atoms with E-state index in [2.05, 4.69) is 10.1 Å². The van der Waals surface area contributed by atoms with Gasteiger partial charge in [0, 0.05) is 12.3 Å². The number of carbonyl (C=O) groups is 2. The molecule has 0 saturated heterocycles. The maximum absolute atomic E-state index is 10.5. The Morgan fingerprint density at radius 1 is 1.70 bits per heavy atom. The highest BCUT2D eigenvalue weighted by Gasteiger charge is 1.90. The summed E-state index contributed by atoms with van der Waals surface area (Å²) in [5.41, 5.74) is 0. The largest absolute Gasteiger partial charge is 0.463 e. The summed E-state index contributed by atoms with van der Waals surface area (Å²) in [5.74, 6) is -0.461. The SMILES string of the molecule is CCOC(=O)/C=C/NC=O. The van der Waals surface area contributed by atoms with Crippen LogP contribution < -0.4 is 5.32 Å². The summed E-state index contributed by atoms with van der Waals surface area (Å²) in [6.45, 7) is 2.04. The lowest BCUT2D eigenvalue weighted by atomic mass is 10.6. The zero-order valence-electron chi connectivity index (χ0n) is 5.66. The molecule has 4 nitrogen and oxygen atoms in total. The quantitative estimate of drug-likeness (QED) is 0.337. The fourth-order valence-corrected chi connectivity index (χ4v) is 0.346. The third-order valence-electron chi connectivity index (χ3n) is 0.670. The zero-order valence-corrected chi connectivity index (χ0v) is 5.66. The fraction of sp³-hybridized carbons (Fsp3) is 0.333. The summed E-state index contributed by atoms with van der Waals surface area (Å²) in [6, 6.07) is 0. The molecule has 0 heterocycles. The molecule has 0 unspecified atom stereocenters. The van der Waals surface area contributed by atoms with Gasteiger partial charge in [0.15, 0.2) is 0 Å². The number of nitrogens with one attached hydrogen (secondary N) is 1. The molecule has 0 aliphatic heterocycles. The maximum Gasteiger partial charge on any atom is 0.332 e. The molecule has 0 aliphatic carbocycles. The van der Waals surface area contributed by atoms with Gasteiger partial charge >= 0.3 is 5.97 Å². The van der Waals surface area contributed by atoms with E-state index in [0.717, 1.165) is 6.08 Å². The van der Waals surface area contributed by atoms with Crippen LogP contribution in [0.1, 0.15) is 6.92 Å². The molecule has 1 N–H and O–H groups in total. The van der Waals surface area contributed by atoms with Gasteiger partial charge in [-0.2, -0.15) is 0 Å². The van der Waals surface area contributed by atoms with E-state index in [1.807, 2.05) is 0 Å². The summed E-state index contributed by atoms with van der Waals surface area (Å²) in [5, 5.41) is 2.18. The average Bonchev–Trinajstić information content (AvgIpc) is 1.89. The molecular weight excluding hydrogens is 134 g/mol. The van der Waals surface area contributed by atoms with Crippen LogP contribution in [0.4, 0.5) is 0 Å². The van der Waals surface area contributed by atoms with Gasteiger partial charge in [-0.15, -0.1) is 0 Å². The first kappa shape index (κ1) is 8.68. The summed E-state index contributed by atoms with van der Waals surface area (Å²) >= 11 is 0. The third kappa shape index (κ3) is 4.83. The van der Waals surface area contributed by atoms with Crippen molar-refractivity contribution in [1.82, 2.24) is 5.32 Å². The number of amides is 1. The Balaban J connectivity index is 3.45. The molecule has 0 aliphatic rings. The van der Waals surface area contributed by atoms with Crippen LogP contribution in [0.3, 0.4) is 0 Å². The first-order valence-corrected chi connectivity index (χ1v) is 2.84. The summed E-state index contributed by atoms with van der Waals surface area (Å²) < 4.78 is 4.51. The molecule has 10 heavy (non-hydrogen) atoms. The van der Waals surface area contributed by atoms with Gasteiger partial charge in [-0.05, 0) is 6.92 Å². The Kier molecular flexibility index (Phi) is 5.04. The molecule has 0 rings (SSSR count). The van der Waals surface area contributed by atoms with Crippen LogP contribution in [-0.4, -0.2) is 19.0 Å². The van der Waals surface area contributed by atoms with Gasteiger partial charge in [-0.25, -0.2) is 4.79 Å². The minimum absolute atomic E-state index is 0.338. The van der Waals surface area contributed by atoms with Gasteiger partial charge in [0.2, 0.25) is 6.41 Å². The van der Waals surface area contributed by atoms with E-state index in [9.17, 15) is 9.59 Å². The average molecular weight is 143 g/mol. The second-order valence-electron chi connectivity index (χ2n) is 1.37. The highest BCUT2D eigenvalue weighted by molar-refractivity contribution is 5.82. The Bertz CT molecular complexity index is 142. The van der Waals surface area contributed by atoms with E-state index in [0.29, 0.717) is 13.0 Å². The zero-order chi connectivity index (χ0) is 7.82. The van der Waals surface area contributed by atoms with E-state index in [1.165, 1.54) is 6.20 Å². The standard InChI is InChI=1S/C6H9NO3/c1-2-10-6(9)3-4-7-5-8/h3-5H,2H2,1H3,(H,7,8)/b4-3+. The highest BCUT2D eigenvalue weighted by atomic mass is 16.5. The van der Waals surface area contributed by atoms with Gasteiger partial charge in [-0.1, -0.05) is 0 Å². The lowest BCUT2D eigenvalue weighted by molar-refractivity contribution is -0.137. The van der Waals surface area contributed by atoms with Crippen molar-refractivity contribution >= 4 is 12.4 Å². The number of carbonyl (C=O) groups excluding carboxylic acids is 2. The molecule has 0 saturated carbocycles. The van der Waals surface area contributed by atoms with Crippen molar-refractivity contribution in [3.05, 3.63) is 12.3 Å². The second kappa shape index (κ2) is 5.81. The molecule has 0 bridgehead atoms. The summed E-state index contributed by atoms with van der Waals surface area (Å²) in [4.78, 5) is 20.1. The lowest BCUT2D eigenvalue weighted by Gasteiger charge is -1.92. The molecule has 1 amide bonds. The lowest BCUT2D eigenvalue weighted by Crippen LogP contribution is -2.04. The summed E-state index contributed by atoms with van der Waals surface area (Å²) in [6.07, 6.45) is 2.82. The Morgan fingerprint density at radius 3 is 2.90 bits per heavy atom. The number of hydrogen-bond donors (Lipinski definition) is 1. The fourth-order valence-electron chi connectivity index (χ4n) is 0.346. The summed E-state index contributed by atoms with van der Waals surface area (Å²) in [7, 11) is 0. The first-order chi connectivity index (χ1) is 4.81. The molecular formula is C6H9NO3. The van der Waals surface area contributed by atoms with Crippen molar-refractivity contribution in [3.8, 4) is 0 Å². The third-order valence-corrected chi connectivity index (χ3v) is 0.670. The predicted octanol–water partition coefficient (Wildman–Crippen LogP) is -0.191. The maximum atomic E-state index is 10.5. The molecule has 0 aromatic heterocycles. The van der Waals surface area contributed by atoms with Gasteiger partial charge in [0.05, 0.1) is 6.61 Å². The first-order valence-electron chi connectivity index (χ1n) is 2.84. The molecule has 0 atom stereocenters. The Morgan fingerprint density at radius 2 is 2.40 bits per heavy atom. The highest BCUT2D eigenvalue weighted by Crippen LogP contribution is 1.77. The van der Waals surface area contributed by atoms with E-state index in [4.69, 9.17) is 0 Å². The minimum Gasteiger partial charge on any atom is -0.463 e. The van der Waals surface area contributed by atoms with Crippen molar-refractivity contribution in [2.75, 3.05) is 6.61 Å². The monoisotopic (exact) mass is 143 g/mol. The number of rotatable bonds is 4. The molecule has 0 fully saturated rings. The van der Waals surface area contributed by atoms with Crippen LogP contribution in [0.5, 0.6) is 0 Å². The van der Waals surface area contributed by atoms with Crippen molar-refractivity contribution in [2.45, 2.75) is 6.92 Å². The van der Waals surface area contributed by atoms with Crippen LogP contribution in [0.2, 0.25) is 0 Å². The van der Waals surface area contributed by atoms with Crippen LogP contribution in [0.25, 0.3) is 0 Å². The van der Waals surface area contributed by atoms with Gasteiger partial charge in [-0.3, -0.25) is 4.79 Å².